The molecule has 0 bridgehead atoms. The van der Waals surface area contributed by atoms with Crippen LogP contribution in [0.15, 0.2) is 59.0 Å². The fourth-order valence-corrected chi connectivity index (χ4v) is 3.82. The number of benzene rings is 2. The van der Waals surface area contributed by atoms with E-state index in [-0.39, 0.29) is 11.9 Å². The topological polar surface area (TPSA) is 58.0 Å². The molecule has 4 rings (SSSR count). The summed E-state index contributed by atoms with van der Waals surface area (Å²) in [5.41, 5.74) is 1.95. The number of piperazine rings is 1. The molecule has 2 heterocycles. The second kappa shape index (κ2) is 8.57. The lowest BCUT2D eigenvalue weighted by Crippen LogP contribution is -2.49. The van der Waals surface area contributed by atoms with Gasteiger partial charge in [-0.1, -0.05) is 30.3 Å². The number of methoxy groups -OCH3 is 1. The van der Waals surface area contributed by atoms with E-state index >= 15 is 0 Å². The van der Waals surface area contributed by atoms with Gasteiger partial charge in [-0.05, 0) is 31.2 Å². The molecule has 0 unspecified atom stereocenters. The first kappa shape index (κ1) is 19.3. The SMILES string of the molecule is COc1ccccc1N1CCN(CC(=O)N[C@H](C)c2cc3ccccc3o2)CC1. The van der Waals surface area contributed by atoms with E-state index < -0.39 is 0 Å². The summed E-state index contributed by atoms with van der Waals surface area (Å²) >= 11 is 0. The Labute approximate surface area is 171 Å². The molecule has 1 amide bonds. The van der Waals surface area contributed by atoms with Crippen LogP contribution in [0.2, 0.25) is 0 Å². The molecule has 29 heavy (non-hydrogen) atoms. The quantitative estimate of drug-likeness (QED) is 0.695. The molecule has 1 atom stereocenters. The summed E-state index contributed by atoms with van der Waals surface area (Å²) in [6.45, 7) is 5.76. The van der Waals surface area contributed by atoms with Crippen LogP contribution in [0.1, 0.15) is 18.7 Å². The molecule has 0 radical (unpaired) electrons. The van der Waals surface area contributed by atoms with Gasteiger partial charge in [0.05, 0.1) is 25.4 Å². The zero-order valence-electron chi connectivity index (χ0n) is 16.9. The van der Waals surface area contributed by atoms with Gasteiger partial charge in [0, 0.05) is 31.6 Å². The Morgan fingerprint density at radius 1 is 1.10 bits per heavy atom. The van der Waals surface area contributed by atoms with Gasteiger partial charge in [-0.3, -0.25) is 9.69 Å². The molecule has 1 saturated heterocycles. The highest BCUT2D eigenvalue weighted by molar-refractivity contribution is 5.80. The van der Waals surface area contributed by atoms with Crippen molar-refractivity contribution in [3.63, 3.8) is 0 Å². The number of carbonyl (C=O) groups is 1. The molecule has 1 aromatic heterocycles. The number of anilines is 1. The molecular weight excluding hydrogens is 366 g/mol. The Balaban J connectivity index is 1.29. The summed E-state index contributed by atoms with van der Waals surface area (Å²) in [5, 5.41) is 4.11. The molecule has 6 heteroatoms. The summed E-state index contributed by atoms with van der Waals surface area (Å²) in [5.74, 6) is 1.68. The zero-order valence-corrected chi connectivity index (χ0v) is 16.9. The summed E-state index contributed by atoms with van der Waals surface area (Å²) in [7, 11) is 1.70. The Morgan fingerprint density at radius 2 is 1.83 bits per heavy atom. The van der Waals surface area contributed by atoms with E-state index in [0.29, 0.717) is 6.54 Å². The Hall–Kier alpha value is -2.99. The molecule has 1 N–H and O–H groups in total. The number of ether oxygens (including phenoxy) is 1. The molecule has 2 aromatic carbocycles. The number of para-hydroxylation sites is 3. The number of carbonyl (C=O) groups excluding carboxylic acids is 1. The van der Waals surface area contributed by atoms with Crippen LogP contribution in [0, 0.1) is 0 Å². The van der Waals surface area contributed by atoms with Gasteiger partial charge in [-0.2, -0.15) is 0 Å². The summed E-state index contributed by atoms with van der Waals surface area (Å²) in [6.07, 6.45) is 0. The van der Waals surface area contributed by atoms with E-state index in [1.807, 2.05) is 55.5 Å². The van der Waals surface area contributed by atoms with Gasteiger partial charge in [0.15, 0.2) is 0 Å². The maximum atomic E-state index is 12.5. The molecular formula is C23H27N3O3. The van der Waals surface area contributed by atoms with E-state index in [2.05, 4.69) is 21.2 Å². The van der Waals surface area contributed by atoms with Crippen molar-refractivity contribution in [1.29, 1.82) is 0 Å². The Kier molecular flexibility index (Phi) is 5.71. The number of furan rings is 1. The minimum Gasteiger partial charge on any atom is -0.495 e. The van der Waals surface area contributed by atoms with Crippen molar-refractivity contribution in [2.24, 2.45) is 0 Å². The van der Waals surface area contributed by atoms with Gasteiger partial charge >= 0.3 is 0 Å². The predicted octanol–water partition coefficient (Wildman–Crippen LogP) is 3.44. The Bertz CT molecular complexity index is 943. The molecule has 0 spiro atoms. The third-order valence-electron chi connectivity index (χ3n) is 5.41. The van der Waals surface area contributed by atoms with Crippen LogP contribution in [0.3, 0.4) is 0 Å². The van der Waals surface area contributed by atoms with Crippen molar-refractivity contribution >= 4 is 22.6 Å². The van der Waals surface area contributed by atoms with Crippen molar-refractivity contribution in [1.82, 2.24) is 10.2 Å². The van der Waals surface area contributed by atoms with Crippen LogP contribution in [0.5, 0.6) is 5.75 Å². The molecule has 1 fully saturated rings. The van der Waals surface area contributed by atoms with Crippen molar-refractivity contribution in [3.05, 3.63) is 60.4 Å². The fraction of sp³-hybridized carbons (Fsp3) is 0.348. The highest BCUT2D eigenvalue weighted by Crippen LogP contribution is 2.28. The molecule has 6 nitrogen and oxygen atoms in total. The zero-order chi connectivity index (χ0) is 20.2. The molecule has 152 valence electrons. The maximum Gasteiger partial charge on any atom is 0.234 e. The first-order chi connectivity index (χ1) is 14.1. The van der Waals surface area contributed by atoms with Gasteiger partial charge in [0.25, 0.3) is 0 Å². The second-order valence-corrected chi connectivity index (χ2v) is 7.41. The smallest absolute Gasteiger partial charge is 0.234 e. The third-order valence-corrected chi connectivity index (χ3v) is 5.41. The second-order valence-electron chi connectivity index (χ2n) is 7.41. The number of amides is 1. The average molecular weight is 393 g/mol. The van der Waals surface area contributed by atoms with Crippen LogP contribution < -0.4 is 15.0 Å². The summed E-state index contributed by atoms with van der Waals surface area (Å²) in [6, 6.07) is 17.8. The lowest BCUT2D eigenvalue weighted by atomic mass is 10.2. The highest BCUT2D eigenvalue weighted by Gasteiger charge is 2.22. The number of hydrogen-bond acceptors (Lipinski definition) is 5. The molecule has 1 aliphatic rings. The number of nitrogens with zero attached hydrogens (tertiary/aromatic N) is 2. The standard InChI is InChI=1S/C23H27N3O3/c1-17(22-15-18-7-3-5-9-20(18)29-22)24-23(27)16-25-11-13-26(14-12-25)19-8-4-6-10-21(19)28-2/h3-10,15,17H,11-14,16H2,1-2H3,(H,24,27)/t17-/m1/s1. The number of fused-ring (bicyclic) bond motifs is 1. The van der Waals surface area contributed by atoms with E-state index in [1.165, 1.54) is 0 Å². The van der Waals surface area contributed by atoms with Crippen LogP contribution in [0.25, 0.3) is 11.0 Å². The fourth-order valence-electron chi connectivity index (χ4n) is 3.82. The van der Waals surface area contributed by atoms with Crippen molar-refractivity contribution in [3.8, 4) is 5.75 Å². The minimum atomic E-state index is -0.162. The number of rotatable bonds is 6. The van der Waals surface area contributed by atoms with E-state index in [9.17, 15) is 4.79 Å². The van der Waals surface area contributed by atoms with Crippen molar-refractivity contribution < 1.29 is 13.9 Å². The van der Waals surface area contributed by atoms with Crippen molar-refractivity contribution in [2.75, 3.05) is 44.7 Å². The van der Waals surface area contributed by atoms with E-state index in [4.69, 9.17) is 9.15 Å². The van der Waals surface area contributed by atoms with Gasteiger partial charge < -0.3 is 19.4 Å². The van der Waals surface area contributed by atoms with Gasteiger partial charge in [0.2, 0.25) is 5.91 Å². The van der Waals surface area contributed by atoms with Gasteiger partial charge in [-0.15, -0.1) is 0 Å². The lowest BCUT2D eigenvalue weighted by Gasteiger charge is -2.36. The highest BCUT2D eigenvalue weighted by atomic mass is 16.5. The average Bonchev–Trinajstić information content (AvgIpc) is 3.19. The van der Waals surface area contributed by atoms with Crippen LogP contribution in [-0.2, 0) is 4.79 Å². The van der Waals surface area contributed by atoms with Crippen LogP contribution in [0.4, 0.5) is 5.69 Å². The van der Waals surface area contributed by atoms with Gasteiger partial charge in [-0.25, -0.2) is 0 Å². The molecule has 3 aromatic rings. The maximum absolute atomic E-state index is 12.5. The predicted molar refractivity (Wildman–Crippen MR) is 114 cm³/mol. The summed E-state index contributed by atoms with van der Waals surface area (Å²) in [4.78, 5) is 17.0. The molecule has 0 saturated carbocycles. The summed E-state index contributed by atoms with van der Waals surface area (Å²) < 4.78 is 11.3. The normalized spacial score (nSPS) is 16.0. The van der Waals surface area contributed by atoms with E-state index in [1.54, 1.807) is 7.11 Å². The first-order valence-corrected chi connectivity index (χ1v) is 10.0. The Morgan fingerprint density at radius 3 is 2.59 bits per heavy atom. The first-order valence-electron chi connectivity index (χ1n) is 10.0. The number of hydrogen-bond donors (Lipinski definition) is 1. The lowest BCUT2D eigenvalue weighted by molar-refractivity contribution is -0.123. The molecule has 0 aliphatic carbocycles. The van der Waals surface area contributed by atoms with Crippen molar-refractivity contribution in [2.45, 2.75) is 13.0 Å². The van der Waals surface area contributed by atoms with Crippen LogP contribution in [-0.4, -0.2) is 50.6 Å². The monoisotopic (exact) mass is 393 g/mol. The largest absolute Gasteiger partial charge is 0.495 e. The van der Waals surface area contributed by atoms with Crippen LogP contribution >= 0.6 is 0 Å². The molecule has 1 aliphatic heterocycles. The third kappa shape index (κ3) is 4.38. The van der Waals surface area contributed by atoms with E-state index in [0.717, 1.165) is 54.3 Å². The van der Waals surface area contributed by atoms with Gasteiger partial charge in [0.1, 0.15) is 17.1 Å². The number of nitrogens with one attached hydrogen (secondary N) is 1. The minimum absolute atomic E-state index is 0.0173.